The van der Waals surface area contributed by atoms with Gasteiger partial charge in [-0.05, 0) is 54.1 Å². The number of ether oxygens (including phenoxy) is 1. The van der Waals surface area contributed by atoms with Crippen LogP contribution in [0.3, 0.4) is 0 Å². The van der Waals surface area contributed by atoms with Crippen molar-refractivity contribution in [2.24, 2.45) is 5.92 Å². The fourth-order valence-corrected chi connectivity index (χ4v) is 2.64. The Kier molecular flexibility index (Phi) is 4.64. The summed E-state index contributed by atoms with van der Waals surface area (Å²) in [5.74, 6) is 0.737. The largest absolute Gasteiger partial charge is 0.381 e. The van der Waals surface area contributed by atoms with Crippen molar-refractivity contribution >= 4 is 11.3 Å². The summed E-state index contributed by atoms with van der Waals surface area (Å²) < 4.78 is 5.71. The van der Waals surface area contributed by atoms with Gasteiger partial charge in [-0.25, -0.2) is 0 Å². The van der Waals surface area contributed by atoms with Gasteiger partial charge in [0.05, 0.1) is 13.2 Å². The Bertz CT molecular complexity index is 255. The first-order valence-electron chi connectivity index (χ1n) is 5.74. The lowest BCUT2D eigenvalue weighted by Gasteiger charge is -2.22. The third kappa shape index (κ3) is 3.93. The summed E-state index contributed by atoms with van der Waals surface area (Å²) >= 11 is 1.76. The van der Waals surface area contributed by atoms with Gasteiger partial charge in [-0.1, -0.05) is 0 Å². The molecule has 1 saturated heterocycles. The Morgan fingerprint density at radius 1 is 1.53 bits per heavy atom. The first-order valence-corrected chi connectivity index (χ1v) is 6.69. The zero-order valence-electron chi connectivity index (χ0n) is 9.08. The van der Waals surface area contributed by atoms with Crippen LogP contribution >= 0.6 is 11.3 Å². The van der Waals surface area contributed by atoms with Crippen LogP contribution in [-0.4, -0.2) is 26.3 Å². The molecule has 2 nitrogen and oxygen atoms in total. The highest BCUT2D eigenvalue weighted by Crippen LogP contribution is 2.11. The number of nitrogens with one attached hydrogen (secondary N) is 1. The predicted molar refractivity (Wildman–Crippen MR) is 64.4 cm³/mol. The van der Waals surface area contributed by atoms with E-state index in [1.807, 2.05) is 0 Å². The van der Waals surface area contributed by atoms with Crippen LogP contribution in [0, 0.1) is 5.92 Å². The molecule has 1 atom stereocenters. The second kappa shape index (κ2) is 6.26. The number of hydrogen-bond donors (Lipinski definition) is 1. The van der Waals surface area contributed by atoms with Crippen molar-refractivity contribution in [2.45, 2.75) is 19.3 Å². The van der Waals surface area contributed by atoms with Crippen molar-refractivity contribution in [3.63, 3.8) is 0 Å². The second-order valence-corrected chi connectivity index (χ2v) is 4.95. The Morgan fingerprint density at radius 3 is 3.27 bits per heavy atom. The van der Waals surface area contributed by atoms with Crippen LogP contribution in [0.5, 0.6) is 0 Å². The van der Waals surface area contributed by atoms with Crippen LogP contribution in [0.15, 0.2) is 16.8 Å². The maximum Gasteiger partial charge on any atom is 0.0506 e. The van der Waals surface area contributed by atoms with Crippen LogP contribution in [0.1, 0.15) is 18.4 Å². The molecule has 0 spiro atoms. The summed E-state index contributed by atoms with van der Waals surface area (Å²) in [6, 6.07) is 2.18. The summed E-state index contributed by atoms with van der Waals surface area (Å²) in [5, 5.41) is 7.74. The summed E-state index contributed by atoms with van der Waals surface area (Å²) in [6.45, 7) is 4.12. The average Bonchev–Trinajstić information content (AvgIpc) is 2.79. The number of hydrogen-bond acceptors (Lipinski definition) is 3. The van der Waals surface area contributed by atoms with Gasteiger partial charge in [0.2, 0.25) is 0 Å². The van der Waals surface area contributed by atoms with Crippen molar-refractivity contribution in [3.8, 4) is 0 Å². The lowest BCUT2D eigenvalue weighted by atomic mass is 10.0. The molecule has 1 aliphatic heterocycles. The van der Waals surface area contributed by atoms with Crippen LogP contribution in [0.2, 0.25) is 0 Å². The van der Waals surface area contributed by atoms with Gasteiger partial charge < -0.3 is 10.1 Å². The highest BCUT2D eigenvalue weighted by molar-refractivity contribution is 7.07. The summed E-state index contributed by atoms with van der Waals surface area (Å²) in [6.07, 6.45) is 3.69. The molecule has 0 bridgehead atoms. The van der Waals surface area contributed by atoms with Gasteiger partial charge in [-0.3, -0.25) is 0 Å². The molecular weight excluding hydrogens is 206 g/mol. The Labute approximate surface area is 95.6 Å². The van der Waals surface area contributed by atoms with E-state index < -0.39 is 0 Å². The second-order valence-electron chi connectivity index (χ2n) is 4.17. The van der Waals surface area contributed by atoms with E-state index in [2.05, 4.69) is 22.1 Å². The molecule has 84 valence electrons. The molecule has 2 rings (SSSR count). The van der Waals surface area contributed by atoms with Crippen LogP contribution in [0.4, 0.5) is 0 Å². The van der Waals surface area contributed by atoms with Crippen molar-refractivity contribution in [3.05, 3.63) is 22.4 Å². The van der Waals surface area contributed by atoms with Gasteiger partial charge in [-0.2, -0.15) is 11.3 Å². The molecule has 1 aromatic heterocycles. The van der Waals surface area contributed by atoms with Gasteiger partial charge in [0.1, 0.15) is 0 Å². The first-order chi connectivity index (χ1) is 7.45. The quantitative estimate of drug-likeness (QED) is 0.776. The van der Waals surface area contributed by atoms with Gasteiger partial charge in [0, 0.05) is 6.54 Å². The smallest absolute Gasteiger partial charge is 0.0506 e. The zero-order chi connectivity index (χ0) is 10.3. The number of rotatable bonds is 5. The van der Waals surface area contributed by atoms with Gasteiger partial charge >= 0.3 is 0 Å². The van der Waals surface area contributed by atoms with E-state index in [9.17, 15) is 0 Å². The lowest BCUT2D eigenvalue weighted by Crippen LogP contribution is -2.32. The molecule has 1 fully saturated rings. The Hall–Kier alpha value is -0.380. The van der Waals surface area contributed by atoms with E-state index in [0.717, 1.165) is 32.1 Å². The number of piperidine rings is 1. The molecule has 1 N–H and O–H groups in total. The first kappa shape index (κ1) is 11.1. The summed E-state index contributed by atoms with van der Waals surface area (Å²) in [4.78, 5) is 0. The Morgan fingerprint density at radius 2 is 2.53 bits per heavy atom. The minimum absolute atomic E-state index is 0.737. The van der Waals surface area contributed by atoms with Crippen molar-refractivity contribution in [1.29, 1.82) is 0 Å². The van der Waals surface area contributed by atoms with E-state index in [1.54, 1.807) is 11.3 Å². The maximum absolute atomic E-state index is 5.71. The maximum atomic E-state index is 5.71. The third-order valence-corrected chi connectivity index (χ3v) is 3.60. The van der Waals surface area contributed by atoms with Gasteiger partial charge in [0.25, 0.3) is 0 Å². The van der Waals surface area contributed by atoms with Crippen molar-refractivity contribution in [2.75, 3.05) is 26.3 Å². The molecular formula is C12H19NOS. The zero-order valence-corrected chi connectivity index (χ0v) is 9.89. The highest BCUT2D eigenvalue weighted by atomic mass is 32.1. The van der Waals surface area contributed by atoms with Crippen LogP contribution < -0.4 is 5.32 Å². The van der Waals surface area contributed by atoms with E-state index in [0.29, 0.717) is 0 Å². The van der Waals surface area contributed by atoms with E-state index >= 15 is 0 Å². The van der Waals surface area contributed by atoms with Crippen molar-refractivity contribution in [1.82, 2.24) is 5.32 Å². The molecule has 0 aliphatic carbocycles. The van der Waals surface area contributed by atoms with E-state index in [4.69, 9.17) is 4.74 Å². The molecule has 0 radical (unpaired) electrons. The monoisotopic (exact) mass is 225 g/mol. The minimum Gasteiger partial charge on any atom is -0.381 e. The van der Waals surface area contributed by atoms with Crippen molar-refractivity contribution < 1.29 is 4.74 Å². The molecule has 15 heavy (non-hydrogen) atoms. The molecule has 1 aromatic rings. The standard InChI is InChI=1S/C12H19NOS/c1-2-12(8-13-5-1)9-14-6-3-11-4-7-15-10-11/h4,7,10,12-13H,1-3,5-6,8-9H2. The fourth-order valence-electron chi connectivity index (χ4n) is 1.94. The number of thiophene rings is 1. The lowest BCUT2D eigenvalue weighted by molar-refractivity contribution is 0.0922. The average molecular weight is 225 g/mol. The van der Waals surface area contributed by atoms with E-state index in [-0.39, 0.29) is 0 Å². The normalized spacial score (nSPS) is 21.7. The minimum atomic E-state index is 0.737. The SMILES string of the molecule is c1cc(CCOCC2CCCNC2)cs1. The third-order valence-electron chi connectivity index (χ3n) is 2.87. The van der Waals surface area contributed by atoms with Gasteiger partial charge in [0.15, 0.2) is 0 Å². The Balaban J connectivity index is 1.54. The van der Waals surface area contributed by atoms with E-state index in [1.165, 1.54) is 24.9 Å². The molecule has 1 aliphatic rings. The molecule has 3 heteroatoms. The molecule has 2 heterocycles. The molecule has 0 amide bonds. The van der Waals surface area contributed by atoms with Crippen LogP contribution in [0.25, 0.3) is 0 Å². The predicted octanol–water partition coefficient (Wildman–Crippen LogP) is 2.31. The van der Waals surface area contributed by atoms with Crippen LogP contribution in [-0.2, 0) is 11.2 Å². The summed E-state index contributed by atoms with van der Waals surface area (Å²) in [5.41, 5.74) is 1.40. The molecule has 0 saturated carbocycles. The molecule has 1 unspecified atom stereocenters. The fraction of sp³-hybridized carbons (Fsp3) is 0.667. The molecule has 0 aromatic carbocycles. The van der Waals surface area contributed by atoms with Gasteiger partial charge in [-0.15, -0.1) is 0 Å². The summed E-state index contributed by atoms with van der Waals surface area (Å²) in [7, 11) is 0. The highest BCUT2D eigenvalue weighted by Gasteiger charge is 2.12. The topological polar surface area (TPSA) is 21.3 Å².